The molecule has 0 aliphatic carbocycles. The average Bonchev–Trinajstić information content (AvgIpc) is 2.60. The van der Waals surface area contributed by atoms with Crippen molar-refractivity contribution >= 4 is 11.4 Å². The monoisotopic (exact) mass is 346 g/mol. The maximum atomic E-state index is 14.4. The molecule has 0 radical (unpaired) electrons. The molecule has 5 heteroatoms. The van der Waals surface area contributed by atoms with Crippen molar-refractivity contribution in [2.75, 3.05) is 12.4 Å². The van der Waals surface area contributed by atoms with Crippen LogP contribution in [0.25, 0.3) is 0 Å². The fourth-order valence-corrected chi connectivity index (χ4v) is 2.89. The van der Waals surface area contributed by atoms with Crippen LogP contribution in [0.4, 0.5) is 14.5 Å². The molecule has 1 heterocycles. The summed E-state index contributed by atoms with van der Waals surface area (Å²) in [7, 11) is 1.83. The van der Waals surface area contributed by atoms with Gasteiger partial charge in [-0.25, -0.2) is 13.8 Å². The van der Waals surface area contributed by atoms with Gasteiger partial charge in [-0.15, -0.1) is 0 Å². The molecule has 2 aromatic carbocycles. The van der Waals surface area contributed by atoms with Gasteiger partial charge in [-0.05, 0) is 24.3 Å². The van der Waals surface area contributed by atoms with Crippen LogP contribution >= 0.6 is 0 Å². The van der Waals surface area contributed by atoms with Gasteiger partial charge in [0.05, 0.1) is 5.71 Å². The highest BCUT2D eigenvalue weighted by molar-refractivity contribution is 6.15. The van der Waals surface area contributed by atoms with E-state index in [2.05, 4.69) is 5.32 Å². The van der Waals surface area contributed by atoms with Crippen LogP contribution in [0.2, 0.25) is 0 Å². The van der Waals surface area contributed by atoms with Crippen LogP contribution in [0, 0.1) is 11.6 Å². The van der Waals surface area contributed by atoms with Crippen LogP contribution in [0.5, 0.6) is 5.75 Å². The van der Waals surface area contributed by atoms with Crippen LogP contribution in [-0.4, -0.2) is 18.5 Å². The number of halogens is 2. The topological polar surface area (TPSA) is 33.6 Å². The van der Waals surface area contributed by atoms with Gasteiger partial charge in [0.1, 0.15) is 17.4 Å². The largest absolute Gasteiger partial charge is 0.465 e. The number of nitrogens with zero attached hydrogens (tertiary/aromatic N) is 1. The number of fused-ring (bicyclic) bond motifs is 1. The molecule has 3 rings (SSSR count). The van der Waals surface area contributed by atoms with Crippen molar-refractivity contribution in [3.63, 3.8) is 0 Å². The van der Waals surface area contributed by atoms with Gasteiger partial charge >= 0.3 is 0 Å². The first-order valence-corrected chi connectivity index (χ1v) is 8.08. The quantitative estimate of drug-likeness (QED) is 0.805. The van der Waals surface area contributed by atoms with Crippen LogP contribution in [0.15, 0.2) is 41.4 Å². The highest BCUT2D eigenvalue weighted by Gasteiger charge is 2.35. The highest BCUT2D eigenvalue weighted by atomic mass is 19.1. The van der Waals surface area contributed by atoms with Crippen molar-refractivity contribution in [2.24, 2.45) is 4.99 Å². The van der Waals surface area contributed by atoms with E-state index in [1.54, 1.807) is 0 Å². The molecule has 1 aliphatic heterocycles. The molecule has 0 saturated carbocycles. The molecule has 134 valence electrons. The normalized spacial score (nSPS) is 14.7. The first-order chi connectivity index (χ1) is 11.5. The van der Waals surface area contributed by atoms with E-state index in [4.69, 9.17) is 9.73 Å². The lowest BCUT2D eigenvalue weighted by Gasteiger charge is -2.35. The van der Waals surface area contributed by atoms with Crippen molar-refractivity contribution in [1.82, 2.24) is 0 Å². The minimum absolute atomic E-state index is 0. The van der Waals surface area contributed by atoms with Gasteiger partial charge < -0.3 is 10.1 Å². The predicted octanol–water partition coefficient (Wildman–Crippen LogP) is 5.39. The van der Waals surface area contributed by atoms with Crippen molar-refractivity contribution in [3.8, 4) is 5.75 Å². The summed E-state index contributed by atoms with van der Waals surface area (Å²) in [6.07, 6.45) is 1.30. The summed E-state index contributed by atoms with van der Waals surface area (Å²) in [5.74, 6) is -0.577. The lowest BCUT2D eigenvalue weighted by molar-refractivity contribution is 0.0659. The van der Waals surface area contributed by atoms with E-state index in [0.29, 0.717) is 29.9 Å². The first kappa shape index (κ1) is 18.9. The maximum absolute atomic E-state index is 14.4. The van der Waals surface area contributed by atoms with Crippen molar-refractivity contribution in [3.05, 3.63) is 59.2 Å². The Morgan fingerprint density at radius 2 is 1.72 bits per heavy atom. The molecule has 0 bridgehead atoms. The Labute approximate surface area is 147 Å². The zero-order valence-electron chi connectivity index (χ0n) is 14.0. The van der Waals surface area contributed by atoms with Crippen LogP contribution in [0.3, 0.4) is 0 Å². The Morgan fingerprint density at radius 1 is 1.04 bits per heavy atom. The van der Waals surface area contributed by atoms with Gasteiger partial charge in [0.2, 0.25) is 0 Å². The fraction of sp³-hybridized carbons (Fsp3) is 0.350. The molecule has 25 heavy (non-hydrogen) atoms. The van der Waals surface area contributed by atoms with E-state index in [0.717, 1.165) is 11.8 Å². The molecule has 0 aromatic heterocycles. The summed E-state index contributed by atoms with van der Waals surface area (Å²) in [6, 6.07) is 9.17. The summed E-state index contributed by atoms with van der Waals surface area (Å²) < 4.78 is 33.8. The molecule has 3 nitrogen and oxygen atoms in total. The maximum Gasteiger partial charge on any atom is 0.200 e. The van der Waals surface area contributed by atoms with Gasteiger partial charge in [0, 0.05) is 48.8 Å². The molecule has 1 N–H and O–H groups in total. The van der Waals surface area contributed by atoms with Crippen molar-refractivity contribution in [1.29, 1.82) is 0 Å². The summed E-state index contributed by atoms with van der Waals surface area (Å²) in [5, 5.41) is 3.07. The number of nitrogens with one attached hydrogen (secondary N) is 1. The van der Waals surface area contributed by atoms with Gasteiger partial charge in [-0.1, -0.05) is 21.3 Å². The van der Waals surface area contributed by atoms with Crippen molar-refractivity contribution in [2.45, 2.75) is 39.8 Å². The molecule has 0 saturated heterocycles. The Morgan fingerprint density at radius 3 is 2.32 bits per heavy atom. The van der Waals surface area contributed by atoms with E-state index in [1.165, 1.54) is 12.1 Å². The second kappa shape index (κ2) is 7.21. The Hall–Kier alpha value is -2.43. The third-order valence-corrected chi connectivity index (χ3v) is 4.43. The van der Waals surface area contributed by atoms with Crippen LogP contribution < -0.4 is 10.1 Å². The van der Waals surface area contributed by atoms with Crippen LogP contribution in [-0.2, 0) is 0 Å². The van der Waals surface area contributed by atoms with Gasteiger partial charge in [-0.3, -0.25) is 0 Å². The highest BCUT2D eigenvalue weighted by Crippen LogP contribution is 2.38. The number of aliphatic imine (C=N–C) groups is 1. The number of hydrogen-bond acceptors (Lipinski definition) is 3. The van der Waals surface area contributed by atoms with E-state index >= 15 is 0 Å². The molecule has 0 spiro atoms. The summed E-state index contributed by atoms with van der Waals surface area (Å²) >= 11 is 0. The van der Waals surface area contributed by atoms with Gasteiger partial charge in [0.15, 0.2) is 5.72 Å². The van der Waals surface area contributed by atoms with E-state index < -0.39 is 17.4 Å². The van der Waals surface area contributed by atoms with E-state index in [1.807, 2.05) is 39.1 Å². The molecular formula is C20H24F2N2O. The van der Waals surface area contributed by atoms with E-state index in [9.17, 15) is 8.78 Å². The smallest absolute Gasteiger partial charge is 0.200 e. The van der Waals surface area contributed by atoms with Crippen molar-refractivity contribution < 1.29 is 13.5 Å². The Kier molecular flexibility index (Phi) is 5.45. The van der Waals surface area contributed by atoms with Gasteiger partial charge in [-0.2, -0.15) is 0 Å². The standard InChI is InChI=1S/C19H20F2N2O.CH4/c1-4-19(5-2)23-18(14-8-6-12(20)10-16(14)21)15-9-7-13(22-3)11-17(15)24-19;/h6-11,22H,4-5H2,1-3H3;1H4. The summed E-state index contributed by atoms with van der Waals surface area (Å²) in [4.78, 5) is 4.72. The number of benzene rings is 2. The minimum atomic E-state index is -0.741. The van der Waals surface area contributed by atoms with Gasteiger partial charge in [0.25, 0.3) is 0 Å². The lowest BCUT2D eigenvalue weighted by Crippen LogP contribution is -2.37. The number of anilines is 1. The molecule has 0 fully saturated rings. The number of rotatable bonds is 4. The fourth-order valence-electron chi connectivity index (χ4n) is 2.89. The first-order valence-electron chi connectivity index (χ1n) is 8.08. The molecule has 1 aliphatic rings. The third kappa shape index (κ3) is 3.36. The molecule has 0 atom stereocenters. The van der Waals surface area contributed by atoms with E-state index in [-0.39, 0.29) is 13.0 Å². The molecular weight excluding hydrogens is 322 g/mol. The SMILES string of the molecule is C.CCC1(CC)N=C(c2ccc(F)cc2F)c2ccc(NC)cc2O1. The zero-order valence-corrected chi connectivity index (χ0v) is 14.0. The Bertz CT molecular complexity index is 798. The summed E-state index contributed by atoms with van der Waals surface area (Å²) in [6.45, 7) is 3.97. The predicted molar refractivity (Wildman–Crippen MR) is 98.7 cm³/mol. The average molecular weight is 346 g/mol. The third-order valence-electron chi connectivity index (χ3n) is 4.43. The molecule has 0 amide bonds. The second-order valence-electron chi connectivity index (χ2n) is 5.80. The van der Waals surface area contributed by atoms with Crippen LogP contribution in [0.1, 0.15) is 45.2 Å². The zero-order chi connectivity index (χ0) is 17.3. The second-order valence-corrected chi connectivity index (χ2v) is 5.80. The number of hydrogen-bond donors (Lipinski definition) is 1. The molecule has 2 aromatic rings. The number of ether oxygens (including phenoxy) is 1. The summed E-state index contributed by atoms with van der Waals surface area (Å²) in [5.41, 5.74) is 1.65. The lowest BCUT2D eigenvalue weighted by atomic mass is 9.96. The minimum Gasteiger partial charge on any atom is -0.465 e. The Balaban J connectivity index is 0.00000225. The molecule has 0 unspecified atom stereocenters.